The Kier molecular flexibility index (Phi) is 4.59. The Labute approximate surface area is 142 Å². The van der Waals surface area contributed by atoms with Crippen LogP contribution < -0.4 is 0 Å². The van der Waals surface area contributed by atoms with Crippen molar-refractivity contribution in [1.29, 1.82) is 0 Å². The fourth-order valence-electron chi connectivity index (χ4n) is 2.99. The van der Waals surface area contributed by atoms with Gasteiger partial charge in [0.05, 0.1) is 11.3 Å². The van der Waals surface area contributed by atoms with E-state index in [2.05, 4.69) is 41.1 Å². The molecule has 0 aliphatic carbocycles. The van der Waals surface area contributed by atoms with Crippen molar-refractivity contribution in [2.45, 2.75) is 45.6 Å². The van der Waals surface area contributed by atoms with Gasteiger partial charge in [0.2, 0.25) is 0 Å². The molecule has 2 aromatic rings. The van der Waals surface area contributed by atoms with Crippen molar-refractivity contribution in [3.05, 3.63) is 36.2 Å². The summed E-state index contributed by atoms with van der Waals surface area (Å²) in [6.45, 7) is 8.70. The Morgan fingerprint density at radius 1 is 1.29 bits per heavy atom. The van der Waals surface area contributed by atoms with Gasteiger partial charge >= 0.3 is 0 Å². The zero-order valence-corrected chi connectivity index (χ0v) is 14.5. The molecule has 24 heavy (non-hydrogen) atoms. The molecule has 1 fully saturated rings. The molecule has 2 aromatic heterocycles. The van der Waals surface area contributed by atoms with Gasteiger partial charge in [0.25, 0.3) is 5.91 Å². The van der Waals surface area contributed by atoms with Gasteiger partial charge in [0.1, 0.15) is 6.33 Å². The normalized spacial score (nSPS) is 18.6. The number of likely N-dealkylation sites (tertiary alicyclic amines) is 1. The molecule has 0 bridgehead atoms. The first-order valence-electron chi connectivity index (χ1n) is 8.38. The van der Waals surface area contributed by atoms with E-state index < -0.39 is 0 Å². The molecule has 0 N–H and O–H groups in total. The van der Waals surface area contributed by atoms with E-state index >= 15 is 0 Å². The summed E-state index contributed by atoms with van der Waals surface area (Å²) in [6.07, 6.45) is 8.71. The van der Waals surface area contributed by atoms with E-state index in [9.17, 15) is 4.79 Å². The molecule has 1 aliphatic heterocycles. The third-order valence-corrected chi connectivity index (χ3v) is 4.37. The number of carbonyl (C=O) groups is 1. The molecule has 128 valence electrons. The fourth-order valence-corrected chi connectivity index (χ4v) is 2.99. The number of nitrogens with zero attached hydrogens (tertiary/aromatic N) is 6. The second-order valence-corrected chi connectivity index (χ2v) is 7.46. The van der Waals surface area contributed by atoms with E-state index in [-0.39, 0.29) is 11.3 Å². The monoisotopic (exact) mass is 328 g/mol. The molecule has 0 radical (unpaired) electrons. The molecule has 3 rings (SSSR count). The van der Waals surface area contributed by atoms with Gasteiger partial charge in [-0.05, 0) is 18.8 Å². The van der Waals surface area contributed by atoms with Crippen LogP contribution >= 0.6 is 0 Å². The highest BCUT2D eigenvalue weighted by atomic mass is 16.2. The maximum atomic E-state index is 12.5. The average Bonchev–Trinajstić information content (AvgIpc) is 3.04. The molecule has 0 spiro atoms. The van der Waals surface area contributed by atoms with E-state index in [0.29, 0.717) is 11.5 Å². The van der Waals surface area contributed by atoms with Crippen molar-refractivity contribution in [3.8, 4) is 0 Å². The summed E-state index contributed by atoms with van der Waals surface area (Å²) in [5, 5.41) is 8.52. The van der Waals surface area contributed by atoms with Crippen molar-refractivity contribution in [3.63, 3.8) is 0 Å². The fraction of sp³-hybridized carbons (Fsp3) is 0.588. The minimum atomic E-state index is 0.000124. The highest BCUT2D eigenvalue weighted by Crippen LogP contribution is 2.22. The van der Waals surface area contributed by atoms with Crippen molar-refractivity contribution < 1.29 is 4.79 Å². The summed E-state index contributed by atoms with van der Waals surface area (Å²) >= 11 is 0. The predicted molar refractivity (Wildman–Crippen MR) is 89.4 cm³/mol. The highest BCUT2D eigenvalue weighted by molar-refractivity contribution is 5.93. The number of amides is 1. The summed E-state index contributed by atoms with van der Waals surface area (Å²) < 4.78 is 1.91. The Balaban J connectivity index is 1.63. The molecule has 3 heterocycles. The largest absolute Gasteiger partial charge is 0.338 e. The maximum absolute atomic E-state index is 12.5. The molecule has 0 aromatic carbocycles. The Bertz CT molecular complexity index is 691. The van der Waals surface area contributed by atoms with Gasteiger partial charge in [-0.3, -0.25) is 9.48 Å². The Morgan fingerprint density at radius 2 is 2.04 bits per heavy atom. The van der Waals surface area contributed by atoms with E-state index in [1.807, 2.05) is 15.8 Å². The number of hydrogen-bond acceptors (Lipinski definition) is 5. The van der Waals surface area contributed by atoms with Crippen molar-refractivity contribution in [2.24, 2.45) is 5.92 Å². The summed E-state index contributed by atoms with van der Waals surface area (Å²) in [5.41, 5.74) is 1.54. The van der Waals surface area contributed by atoms with Crippen LogP contribution in [0.4, 0.5) is 0 Å². The second-order valence-electron chi connectivity index (χ2n) is 7.46. The predicted octanol–water partition coefficient (Wildman–Crippen LogP) is 1.92. The molecule has 7 heteroatoms. The molecule has 1 amide bonds. The Morgan fingerprint density at radius 3 is 2.71 bits per heavy atom. The van der Waals surface area contributed by atoms with Gasteiger partial charge in [-0.1, -0.05) is 26.0 Å². The smallest absolute Gasteiger partial charge is 0.257 e. The van der Waals surface area contributed by atoms with Crippen LogP contribution in [0, 0.1) is 5.92 Å². The lowest BCUT2D eigenvalue weighted by molar-refractivity contribution is 0.0658. The minimum absolute atomic E-state index is 0.000124. The van der Waals surface area contributed by atoms with Crippen LogP contribution in [0.5, 0.6) is 0 Å². The first-order valence-corrected chi connectivity index (χ1v) is 8.38. The van der Waals surface area contributed by atoms with Crippen molar-refractivity contribution in [1.82, 2.24) is 29.9 Å². The summed E-state index contributed by atoms with van der Waals surface area (Å²) in [6, 6.07) is 0. The second kappa shape index (κ2) is 6.67. The molecule has 0 saturated carbocycles. The van der Waals surface area contributed by atoms with Gasteiger partial charge in [-0.15, -0.1) is 5.10 Å². The summed E-state index contributed by atoms with van der Waals surface area (Å²) in [7, 11) is 0. The number of hydrogen-bond donors (Lipinski definition) is 0. The lowest BCUT2D eigenvalue weighted by Crippen LogP contribution is -2.41. The van der Waals surface area contributed by atoms with Crippen molar-refractivity contribution in [2.75, 3.05) is 13.1 Å². The van der Waals surface area contributed by atoms with Crippen LogP contribution in [-0.4, -0.2) is 48.9 Å². The van der Waals surface area contributed by atoms with Gasteiger partial charge in [0.15, 0.2) is 0 Å². The molecular weight excluding hydrogens is 304 g/mol. The lowest BCUT2D eigenvalue weighted by Gasteiger charge is -2.32. The van der Waals surface area contributed by atoms with Crippen LogP contribution in [0.25, 0.3) is 0 Å². The number of aromatic nitrogens is 5. The molecular formula is C17H24N6O. The number of carbonyl (C=O) groups excluding carboxylic acids is 1. The third-order valence-electron chi connectivity index (χ3n) is 4.37. The number of piperidine rings is 1. The molecule has 1 atom stereocenters. The van der Waals surface area contributed by atoms with Crippen LogP contribution in [0.2, 0.25) is 0 Å². The summed E-state index contributed by atoms with van der Waals surface area (Å²) in [5.74, 6) is 0.399. The summed E-state index contributed by atoms with van der Waals surface area (Å²) in [4.78, 5) is 22.3. The van der Waals surface area contributed by atoms with Crippen LogP contribution in [0.1, 0.15) is 49.7 Å². The third kappa shape index (κ3) is 3.77. The van der Waals surface area contributed by atoms with Crippen LogP contribution in [-0.2, 0) is 12.0 Å². The van der Waals surface area contributed by atoms with Gasteiger partial charge in [-0.2, -0.15) is 0 Å². The van der Waals surface area contributed by atoms with Gasteiger partial charge < -0.3 is 4.90 Å². The molecule has 1 aliphatic rings. The Hall–Kier alpha value is -2.31. The quantitative estimate of drug-likeness (QED) is 0.860. The lowest BCUT2D eigenvalue weighted by atomic mass is 9.93. The first kappa shape index (κ1) is 16.5. The average molecular weight is 328 g/mol. The van der Waals surface area contributed by atoms with Gasteiger partial charge in [-0.25, -0.2) is 9.97 Å². The first-order chi connectivity index (χ1) is 11.4. The van der Waals surface area contributed by atoms with E-state index in [0.717, 1.165) is 38.2 Å². The van der Waals surface area contributed by atoms with E-state index in [1.54, 1.807) is 12.4 Å². The zero-order valence-electron chi connectivity index (χ0n) is 14.5. The minimum Gasteiger partial charge on any atom is -0.338 e. The SMILES string of the molecule is CC(C)(C)c1cn(C[C@@H]2CCCN(C(=O)c3cncnc3)C2)nn1. The zero-order chi connectivity index (χ0) is 17.2. The molecule has 0 unspecified atom stereocenters. The maximum Gasteiger partial charge on any atom is 0.257 e. The highest BCUT2D eigenvalue weighted by Gasteiger charge is 2.26. The van der Waals surface area contributed by atoms with Crippen molar-refractivity contribution >= 4 is 5.91 Å². The molecule has 1 saturated heterocycles. The van der Waals surface area contributed by atoms with E-state index in [4.69, 9.17) is 0 Å². The standard InChI is InChI=1S/C17H24N6O/c1-17(2,3)15-11-23(21-20-15)10-13-5-4-6-22(9-13)16(24)14-7-18-12-19-8-14/h7-8,11-13H,4-6,9-10H2,1-3H3/t13-/m1/s1. The van der Waals surface area contributed by atoms with E-state index in [1.165, 1.54) is 6.33 Å². The van der Waals surface area contributed by atoms with Gasteiger partial charge in [0, 0.05) is 43.6 Å². The topological polar surface area (TPSA) is 76.8 Å². The van der Waals surface area contributed by atoms with Crippen LogP contribution in [0.15, 0.2) is 24.9 Å². The van der Waals surface area contributed by atoms with Crippen LogP contribution in [0.3, 0.4) is 0 Å². The molecule has 7 nitrogen and oxygen atoms in total. The number of rotatable bonds is 3.